The number of aromatic nitrogens is 1. The van der Waals surface area contributed by atoms with Gasteiger partial charge in [0.2, 0.25) is 0 Å². The average molecular weight is 339 g/mol. The summed E-state index contributed by atoms with van der Waals surface area (Å²) in [6, 6.07) is 8.62. The zero-order chi connectivity index (χ0) is 14.5. The van der Waals surface area contributed by atoms with Crippen LogP contribution in [0.3, 0.4) is 0 Å². The molecule has 2 rings (SSSR count). The number of hydrogen-bond donors (Lipinski definition) is 1. The number of rotatable bonds is 5. The second-order valence-electron chi connectivity index (χ2n) is 4.35. The van der Waals surface area contributed by atoms with Gasteiger partial charge in [-0.25, -0.2) is 4.39 Å². The number of benzene rings is 1. The number of nitrogens with zero attached hydrogens (tertiary/aromatic N) is 1. The molecule has 3 nitrogen and oxygen atoms in total. The van der Waals surface area contributed by atoms with Gasteiger partial charge in [0, 0.05) is 12.1 Å². The third-order valence-corrected chi connectivity index (χ3v) is 3.64. The lowest BCUT2D eigenvalue weighted by molar-refractivity contribution is 0.471. The van der Waals surface area contributed by atoms with Gasteiger partial charge in [-0.1, -0.05) is 6.92 Å². The normalized spacial score (nSPS) is 12.2. The molecule has 0 aliphatic carbocycles. The van der Waals surface area contributed by atoms with E-state index in [1.165, 1.54) is 6.07 Å². The summed E-state index contributed by atoms with van der Waals surface area (Å²) in [7, 11) is 1.91. The van der Waals surface area contributed by atoms with Crippen LogP contribution in [0.4, 0.5) is 4.39 Å². The Labute approximate surface area is 126 Å². The van der Waals surface area contributed by atoms with Crippen LogP contribution in [0.15, 0.2) is 41.0 Å². The lowest BCUT2D eigenvalue weighted by atomic mass is 10.1. The van der Waals surface area contributed by atoms with E-state index in [1.54, 1.807) is 18.3 Å². The van der Waals surface area contributed by atoms with Crippen LogP contribution in [-0.4, -0.2) is 12.0 Å². The Bertz CT molecular complexity index is 571. The minimum absolute atomic E-state index is 0.231. The van der Waals surface area contributed by atoms with Gasteiger partial charge in [0.25, 0.3) is 0 Å². The Morgan fingerprint density at radius 1 is 1.30 bits per heavy atom. The Balaban J connectivity index is 2.12. The van der Waals surface area contributed by atoms with E-state index in [9.17, 15) is 4.39 Å². The summed E-state index contributed by atoms with van der Waals surface area (Å²) in [5.74, 6) is 0.677. The minimum Gasteiger partial charge on any atom is -0.456 e. The molecule has 2 aromatic rings. The van der Waals surface area contributed by atoms with E-state index in [0.29, 0.717) is 16.0 Å². The summed E-state index contributed by atoms with van der Waals surface area (Å²) >= 11 is 3.11. The lowest BCUT2D eigenvalue weighted by Gasteiger charge is -2.13. The Hall–Kier alpha value is -1.46. The van der Waals surface area contributed by atoms with Crippen molar-refractivity contribution in [2.24, 2.45) is 0 Å². The quantitative estimate of drug-likeness (QED) is 0.874. The summed E-state index contributed by atoms with van der Waals surface area (Å²) in [4.78, 5) is 4.37. The molecule has 1 heterocycles. The van der Waals surface area contributed by atoms with Crippen LogP contribution >= 0.6 is 15.9 Å². The van der Waals surface area contributed by atoms with Crippen LogP contribution in [0.25, 0.3) is 0 Å². The topological polar surface area (TPSA) is 34.1 Å². The van der Waals surface area contributed by atoms with Crippen molar-refractivity contribution in [1.29, 1.82) is 0 Å². The van der Waals surface area contributed by atoms with Crippen LogP contribution < -0.4 is 10.1 Å². The molecular formula is C15H16BrFN2O. The molecule has 0 bridgehead atoms. The maximum absolute atomic E-state index is 13.4. The molecule has 1 atom stereocenters. The van der Waals surface area contributed by atoms with Crippen LogP contribution in [0.2, 0.25) is 0 Å². The molecule has 1 aromatic heterocycles. The molecule has 0 saturated heterocycles. The van der Waals surface area contributed by atoms with Gasteiger partial charge in [0.05, 0.1) is 16.4 Å². The molecule has 1 unspecified atom stereocenters. The van der Waals surface area contributed by atoms with Gasteiger partial charge in [0.15, 0.2) is 0 Å². The van der Waals surface area contributed by atoms with E-state index in [1.807, 2.05) is 19.2 Å². The number of ether oxygens (including phenoxy) is 1. The Kier molecular flexibility index (Phi) is 5.09. The molecular weight excluding hydrogens is 323 g/mol. The van der Waals surface area contributed by atoms with Crippen molar-refractivity contribution in [1.82, 2.24) is 10.3 Å². The molecule has 0 amide bonds. The number of hydrogen-bond acceptors (Lipinski definition) is 3. The second kappa shape index (κ2) is 6.81. The monoisotopic (exact) mass is 338 g/mol. The van der Waals surface area contributed by atoms with Crippen molar-refractivity contribution >= 4 is 15.9 Å². The van der Waals surface area contributed by atoms with Gasteiger partial charge in [-0.05, 0) is 53.7 Å². The highest BCUT2D eigenvalue weighted by Gasteiger charge is 2.08. The molecule has 106 valence electrons. The zero-order valence-corrected chi connectivity index (χ0v) is 12.9. The number of pyridine rings is 1. The first kappa shape index (κ1) is 14.9. The van der Waals surface area contributed by atoms with Gasteiger partial charge in [-0.2, -0.15) is 0 Å². The highest BCUT2D eigenvalue weighted by atomic mass is 79.9. The molecule has 5 heteroatoms. The van der Waals surface area contributed by atoms with Crippen molar-refractivity contribution in [3.63, 3.8) is 0 Å². The summed E-state index contributed by atoms with van der Waals surface area (Å²) < 4.78 is 19.4. The van der Waals surface area contributed by atoms with Crippen LogP contribution in [0.1, 0.15) is 25.1 Å². The van der Waals surface area contributed by atoms with Crippen LogP contribution in [-0.2, 0) is 0 Å². The average Bonchev–Trinajstić information content (AvgIpc) is 2.46. The second-order valence-corrected chi connectivity index (χ2v) is 5.20. The standard InChI is InChI=1S/C15H16BrFN2O/c1-3-14(18-2)15-7-5-11(9-19-15)20-10-4-6-12(16)13(17)8-10/h4-9,14,18H,3H2,1-2H3. The lowest BCUT2D eigenvalue weighted by Crippen LogP contribution is -2.16. The Morgan fingerprint density at radius 2 is 2.05 bits per heavy atom. The number of nitrogens with one attached hydrogen (secondary N) is 1. The van der Waals surface area contributed by atoms with Gasteiger partial charge in [-0.15, -0.1) is 0 Å². The largest absolute Gasteiger partial charge is 0.456 e. The molecule has 0 aliphatic heterocycles. The fourth-order valence-electron chi connectivity index (χ4n) is 1.90. The van der Waals surface area contributed by atoms with E-state index < -0.39 is 0 Å². The molecule has 0 aliphatic rings. The molecule has 0 fully saturated rings. The smallest absolute Gasteiger partial charge is 0.145 e. The summed E-state index contributed by atoms with van der Waals surface area (Å²) in [6.45, 7) is 2.10. The van der Waals surface area contributed by atoms with Gasteiger partial charge in [0.1, 0.15) is 17.3 Å². The van der Waals surface area contributed by atoms with Gasteiger partial charge >= 0.3 is 0 Å². The van der Waals surface area contributed by atoms with E-state index >= 15 is 0 Å². The van der Waals surface area contributed by atoms with Crippen molar-refractivity contribution < 1.29 is 9.13 Å². The molecule has 20 heavy (non-hydrogen) atoms. The fraction of sp³-hybridized carbons (Fsp3) is 0.267. The van der Waals surface area contributed by atoms with E-state index in [2.05, 4.69) is 33.2 Å². The van der Waals surface area contributed by atoms with E-state index in [0.717, 1.165) is 12.1 Å². The maximum atomic E-state index is 13.4. The minimum atomic E-state index is -0.353. The van der Waals surface area contributed by atoms with Crippen molar-refractivity contribution in [2.75, 3.05) is 7.05 Å². The van der Waals surface area contributed by atoms with Crippen LogP contribution in [0, 0.1) is 5.82 Å². The fourth-order valence-corrected chi connectivity index (χ4v) is 2.14. The number of halogens is 2. The van der Waals surface area contributed by atoms with Crippen molar-refractivity contribution in [2.45, 2.75) is 19.4 Å². The van der Waals surface area contributed by atoms with Gasteiger partial charge in [-0.3, -0.25) is 4.98 Å². The highest BCUT2D eigenvalue weighted by molar-refractivity contribution is 9.10. The summed E-state index contributed by atoms with van der Waals surface area (Å²) in [5, 5.41) is 3.19. The molecule has 0 spiro atoms. The zero-order valence-electron chi connectivity index (χ0n) is 11.4. The van der Waals surface area contributed by atoms with Crippen molar-refractivity contribution in [3.05, 3.63) is 52.5 Å². The van der Waals surface area contributed by atoms with E-state index in [4.69, 9.17) is 4.74 Å². The predicted octanol–water partition coefficient (Wildman–Crippen LogP) is 4.45. The van der Waals surface area contributed by atoms with E-state index in [-0.39, 0.29) is 11.9 Å². The molecule has 0 saturated carbocycles. The third kappa shape index (κ3) is 3.55. The first-order chi connectivity index (χ1) is 9.63. The first-order valence-corrected chi connectivity index (χ1v) is 7.19. The third-order valence-electron chi connectivity index (χ3n) is 3.00. The predicted molar refractivity (Wildman–Crippen MR) is 80.5 cm³/mol. The van der Waals surface area contributed by atoms with Crippen LogP contribution in [0.5, 0.6) is 11.5 Å². The maximum Gasteiger partial charge on any atom is 0.145 e. The molecule has 1 N–H and O–H groups in total. The van der Waals surface area contributed by atoms with Crippen molar-refractivity contribution in [3.8, 4) is 11.5 Å². The highest BCUT2D eigenvalue weighted by Crippen LogP contribution is 2.26. The first-order valence-electron chi connectivity index (χ1n) is 6.40. The summed E-state index contributed by atoms with van der Waals surface area (Å²) in [6.07, 6.45) is 2.61. The molecule has 1 aromatic carbocycles. The summed E-state index contributed by atoms with van der Waals surface area (Å²) in [5.41, 5.74) is 0.962. The SMILES string of the molecule is CCC(NC)c1ccc(Oc2ccc(Br)c(F)c2)cn1. The Morgan fingerprint density at radius 3 is 2.60 bits per heavy atom. The molecule has 0 radical (unpaired) electrons. The van der Waals surface area contributed by atoms with Gasteiger partial charge < -0.3 is 10.1 Å².